The van der Waals surface area contributed by atoms with E-state index in [0.717, 1.165) is 45.9 Å². The first-order valence-electron chi connectivity index (χ1n) is 8.10. The van der Waals surface area contributed by atoms with Gasteiger partial charge in [-0.05, 0) is 24.3 Å². The Hall–Kier alpha value is -0.460. The van der Waals surface area contributed by atoms with Crippen molar-refractivity contribution in [3.63, 3.8) is 0 Å². The van der Waals surface area contributed by atoms with Crippen molar-refractivity contribution in [2.24, 2.45) is 0 Å². The summed E-state index contributed by atoms with van der Waals surface area (Å²) in [5.41, 5.74) is 0. The Morgan fingerprint density at radius 3 is 3.05 bits per heavy atom. The monoisotopic (exact) mass is 308 g/mol. The van der Waals surface area contributed by atoms with E-state index in [9.17, 15) is 0 Å². The van der Waals surface area contributed by atoms with Crippen LogP contribution >= 0.6 is 11.3 Å². The fourth-order valence-electron chi connectivity index (χ4n) is 3.86. The average Bonchev–Trinajstić information content (AvgIpc) is 3.20. The fourth-order valence-corrected chi connectivity index (χ4v) is 4.61. The molecule has 4 heterocycles. The van der Waals surface area contributed by atoms with Crippen LogP contribution in [0, 0.1) is 0 Å². The molecule has 4 nitrogen and oxygen atoms in total. The van der Waals surface area contributed by atoms with Crippen molar-refractivity contribution in [1.82, 2.24) is 9.80 Å². The summed E-state index contributed by atoms with van der Waals surface area (Å²) in [6.07, 6.45) is 3.30. The Kier molecular flexibility index (Phi) is 4.27. The molecule has 3 atom stereocenters. The molecule has 3 aliphatic rings. The van der Waals surface area contributed by atoms with Gasteiger partial charge in [-0.25, -0.2) is 0 Å². The molecule has 21 heavy (non-hydrogen) atoms. The van der Waals surface area contributed by atoms with Crippen LogP contribution in [-0.4, -0.2) is 67.4 Å². The van der Waals surface area contributed by atoms with Crippen LogP contribution in [0.15, 0.2) is 17.5 Å². The van der Waals surface area contributed by atoms with Crippen molar-refractivity contribution in [1.29, 1.82) is 0 Å². The second kappa shape index (κ2) is 6.34. The predicted octanol–water partition coefficient (Wildman–Crippen LogP) is 1.81. The number of nitrogens with zero attached hydrogens (tertiary/aromatic N) is 2. The van der Waals surface area contributed by atoms with Crippen LogP contribution in [0.2, 0.25) is 0 Å². The van der Waals surface area contributed by atoms with E-state index in [1.54, 1.807) is 0 Å². The lowest BCUT2D eigenvalue weighted by Crippen LogP contribution is -2.52. The zero-order valence-corrected chi connectivity index (χ0v) is 13.3. The molecule has 1 aromatic rings. The third-order valence-corrected chi connectivity index (χ3v) is 5.77. The molecular formula is C16H24N2O2S. The maximum Gasteiger partial charge on any atom is 0.0870 e. The minimum atomic E-state index is 0.389. The quantitative estimate of drug-likeness (QED) is 0.847. The van der Waals surface area contributed by atoms with Crippen molar-refractivity contribution in [2.45, 2.75) is 37.6 Å². The van der Waals surface area contributed by atoms with E-state index in [1.807, 2.05) is 11.3 Å². The summed E-state index contributed by atoms with van der Waals surface area (Å²) in [7, 11) is 0. The van der Waals surface area contributed by atoms with Gasteiger partial charge in [0.1, 0.15) is 0 Å². The van der Waals surface area contributed by atoms with Gasteiger partial charge in [-0.3, -0.25) is 9.80 Å². The number of hydrogen-bond donors (Lipinski definition) is 0. The molecule has 0 aliphatic carbocycles. The number of rotatable bonds is 4. The van der Waals surface area contributed by atoms with Gasteiger partial charge in [-0.1, -0.05) is 6.07 Å². The van der Waals surface area contributed by atoms with Gasteiger partial charge < -0.3 is 9.47 Å². The summed E-state index contributed by atoms with van der Waals surface area (Å²) < 4.78 is 11.8. The standard InChI is InChI=1S/C16H24N2O2S/c1-3-13(19-6-1)9-18-5-7-20-16-12-17(11-15(16)18)10-14-4-2-8-21-14/h2,4,8,13,15-16H,1,3,5-7,9-12H2/t13-,15+,16-/m0/s1. The van der Waals surface area contributed by atoms with Crippen LogP contribution in [0.1, 0.15) is 17.7 Å². The molecule has 1 aromatic heterocycles. The predicted molar refractivity (Wildman–Crippen MR) is 83.7 cm³/mol. The van der Waals surface area contributed by atoms with Gasteiger partial charge in [0.25, 0.3) is 0 Å². The van der Waals surface area contributed by atoms with Gasteiger partial charge in [-0.2, -0.15) is 0 Å². The van der Waals surface area contributed by atoms with E-state index in [-0.39, 0.29) is 0 Å². The van der Waals surface area contributed by atoms with Gasteiger partial charge in [0.15, 0.2) is 0 Å². The van der Waals surface area contributed by atoms with E-state index in [4.69, 9.17) is 9.47 Å². The Morgan fingerprint density at radius 2 is 2.24 bits per heavy atom. The van der Waals surface area contributed by atoms with Gasteiger partial charge in [0.05, 0.1) is 18.8 Å². The smallest absolute Gasteiger partial charge is 0.0870 e. The molecule has 0 amide bonds. The second-order valence-corrected chi connectivity index (χ2v) is 7.41. The normalized spacial score (nSPS) is 34.4. The van der Waals surface area contributed by atoms with Crippen LogP contribution in [0.25, 0.3) is 0 Å². The van der Waals surface area contributed by atoms with Crippen molar-refractivity contribution in [3.05, 3.63) is 22.4 Å². The van der Waals surface area contributed by atoms with Crippen LogP contribution < -0.4 is 0 Å². The summed E-state index contributed by atoms with van der Waals surface area (Å²) >= 11 is 1.85. The number of hydrogen-bond acceptors (Lipinski definition) is 5. The second-order valence-electron chi connectivity index (χ2n) is 6.38. The molecule has 116 valence electrons. The maximum atomic E-state index is 6.03. The largest absolute Gasteiger partial charge is 0.377 e. The highest BCUT2D eigenvalue weighted by Crippen LogP contribution is 2.26. The molecule has 5 heteroatoms. The first-order valence-corrected chi connectivity index (χ1v) is 8.98. The summed E-state index contributed by atoms with van der Waals surface area (Å²) in [5.74, 6) is 0. The lowest BCUT2D eigenvalue weighted by Gasteiger charge is -2.38. The fraction of sp³-hybridized carbons (Fsp3) is 0.750. The highest BCUT2D eigenvalue weighted by atomic mass is 32.1. The first kappa shape index (κ1) is 14.2. The topological polar surface area (TPSA) is 24.9 Å². The zero-order chi connectivity index (χ0) is 14.1. The van der Waals surface area contributed by atoms with Crippen LogP contribution in [0.3, 0.4) is 0 Å². The SMILES string of the molecule is c1csc(CN2C[C@@H]3OCCN(C[C@@H]4CCCO4)[C@@H]3C2)c1. The average molecular weight is 308 g/mol. The molecule has 3 aliphatic heterocycles. The van der Waals surface area contributed by atoms with Gasteiger partial charge in [0, 0.05) is 50.2 Å². The molecular weight excluding hydrogens is 284 g/mol. The lowest BCUT2D eigenvalue weighted by atomic mass is 10.1. The number of morpholine rings is 1. The molecule has 0 saturated carbocycles. The van der Waals surface area contributed by atoms with E-state index >= 15 is 0 Å². The Labute approximate surface area is 130 Å². The number of fused-ring (bicyclic) bond motifs is 1. The molecule has 0 spiro atoms. The Morgan fingerprint density at radius 1 is 1.24 bits per heavy atom. The molecule has 0 unspecified atom stereocenters. The first-order chi connectivity index (χ1) is 10.4. The van der Waals surface area contributed by atoms with Crippen molar-refractivity contribution >= 4 is 11.3 Å². The minimum absolute atomic E-state index is 0.389. The minimum Gasteiger partial charge on any atom is -0.377 e. The van der Waals surface area contributed by atoms with Crippen LogP contribution in [0.5, 0.6) is 0 Å². The Bertz CT molecular complexity index is 447. The molecule has 0 aromatic carbocycles. The summed E-state index contributed by atoms with van der Waals surface area (Å²) in [4.78, 5) is 6.63. The van der Waals surface area contributed by atoms with Crippen LogP contribution in [0.4, 0.5) is 0 Å². The van der Waals surface area contributed by atoms with Crippen molar-refractivity contribution in [3.8, 4) is 0 Å². The summed E-state index contributed by atoms with van der Waals surface area (Å²) in [6.45, 7) is 7.27. The number of likely N-dealkylation sites (tertiary alicyclic amines) is 1. The number of ether oxygens (including phenoxy) is 2. The van der Waals surface area contributed by atoms with Gasteiger partial charge >= 0.3 is 0 Å². The van der Waals surface area contributed by atoms with Crippen LogP contribution in [-0.2, 0) is 16.0 Å². The molecule has 4 rings (SSSR count). The molecule has 0 radical (unpaired) electrons. The van der Waals surface area contributed by atoms with E-state index in [1.165, 1.54) is 17.7 Å². The Balaban J connectivity index is 1.37. The van der Waals surface area contributed by atoms with Gasteiger partial charge in [0.2, 0.25) is 0 Å². The van der Waals surface area contributed by atoms with Crippen molar-refractivity contribution < 1.29 is 9.47 Å². The van der Waals surface area contributed by atoms with Gasteiger partial charge in [-0.15, -0.1) is 11.3 Å². The van der Waals surface area contributed by atoms with E-state index in [0.29, 0.717) is 18.2 Å². The van der Waals surface area contributed by atoms with E-state index in [2.05, 4.69) is 27.3 Å². The summed E-state index contributed by atoms with van der Waals surface area (Å²) in [5, 5.41) is 2.17. The molecule has 0 N–H and O–H groups in total. The highest BCUT2D eigenvalue weighted by Gasteiger charge is 2.40. The molecule has 3 fully saturated rings. The lowest BCUT2D eigenvalue weighted by molar-refractivity contribution is -0.0615. The van der Waals surface area contributed by atoms with E-state index < -0.39 is 0 Å². The number of thiophene rings is 1. The third-order valence-electron chi connectivity index (χ3n) is 4.91. The molecule has 0 bridgehead atoms. The van der Waals surface area contributed by atoms with Crippen molar-refractivity contribution in [2.75, 3.05) is 39.4 Å². The maximum absolute atomic E-state index is 6.03. The highest BCUT2D eigenvalue weighted by molar-refractivity contribution is 7.09. The molecule has 3 saturated heterocycles. The third kappa shape index (κ3) is 3.17. The zero-order valence-electron chi connectivity index (χ0n) is 12.4. The summed E-state index contributed by atoms with van der Waals surface area (Å²) in [6, 6.07) is 4.93.